The average Bonchev–Trinajstić information content (AvgIpc) is 3.03. The van der Waals surface area contributed by atoms with Crippen LogP contribution in [-0.2, 0) is 11.3 Å². The van der Waals surface area contributed by atoms with Crippen molar-refractivity contribution in [3.05, 3.63) is 42.0 Å². The highest BCUT2D eigenvalue weighted by molar-refractivity contribution is 5.85. The highest BCUT2D eigenvalue weighted by Crippen LogP contribution is 2.21. The minimum atomic E-state index is 0. The second-order valence-corrected chi connectivity index (χ2v) is 6.85. The molecule has 1 unspecified atom stereocenters. The number of halogens is 1. The molecule has 0 spiro atoms. The summed E-state index contributed by atoms with van der Waals surface area (Å²) in [6.45, 7) is 5.05. The molecule has 0 radical (unpaired) electrons. The van der Waals surface area contributed by atoms with Crippen molar-refractivity contribution in [2.45, 2.75) is 45.2 Å². The van der Waals surface area contributed by atoms with Gasteiger partial charge in [0, 0.05) is 56.3 Å². The predicted octanol–water partition coefficient (Wildman–Crippen LogP) is 1.82. The van der Waals surface area contributed by atoms with E-state index in [2.05, 4.69) is 33.4 Å². The molecule has 2 aromatic heterocycles. The second-order valence-electron chi connectivity index (χ2n) is 6.85. The topological polar surface area (TPSA) is 89.1 Å². The van der Waals surface area contributed by atoms with E-state index in [1.807, 2.05) is 16.8 Å². The molecule has 0 aromatic carbocycles. The maximum absolute atomic E-state index is 11.7. The number of likely N-dealkylation sites (tertiary alicyclic amines) is 1. The number of nitrogens with one attached hydrogen (secondary N) is 1. The monoisotopic (exact) mass is 392 g/mol. The number of aryl methyl sites for hydroxylation is 1. The maximum Gasteiger partial charge on any atom is 0.221 e. The van der Waals surface area contributed by atoms with Crippen molar-refractivity contribution in [2.24, 2.45) is 5.73 Å². The van der Waals surface area contributed by atoms with E-state index in [0.29, 0.717) is 25.6 Å². The molecule has 3 N–H and O–H groups in total. The molecule has 0 bridgehead atoms. The normalized spacial score (nSPS) is 17.3. The van der Waals surface area contributed by atoms with Gasteiger partial charge in [-0.05, 0) is 38.4 Å². The Bertz CT molecular complexity index is 720. The number of nitrogens with two attached hydrogens (primary N) is 1. The number of piperidine rings is 1. The molecule has 3 heterocycles. The van der Waals surface area contributed by atoms with Crippen molar-refractivity contribution in [3.63, 3.8) is 0 Å². The molecular weight excluding hydrogens is 364 g/mol. The van der Waals surface area contributed by atoms with Crippen LogP contribution in [0.1, 0.15) is 36.9 Å². The number of hydrogen-bond acceptors (Lipinski definition) is 5. The van der Waals surface area contributed by atoms with Crippen LogP contribution < -0.4 is 11.1 Å². The number of nitrogens with zero attached hydrogens (tertiary/aromatic N) is 4. The Morgan fingerprint density at radius 1 is 1.33 bits per heavy atom. The number of hydrogen-bond donors (Lipinski definition) is 2. The number of carbonyl (C=O) groups excluding carboxylic acids is 1. The number of amides is 1. The number of carbonyl (C=O) groups is 1. The van der Waals surface area contributed by atoms with Crippen molar-refractivity contribution in [1.82, 2.24) is 25.0 Å². The lowest BCUT2D eigenvalue weighted by molar-refractivity contribution is -0.121. The smallest absolute Gasteiger partial charge is 0.221 e. The molecule has 2 aromatic rings. The van der Waals surface area contributed by atoms with E-state index >= 15 is 0 Å². The molecule has 1 fully saturated rings. The average molecular weight is 393 g/mol. The van der Waals surface area contributed by atoms with Crippen LogP contribution in [0.5, 0.6) is 0 Å². The van der Waals surface area contributed by atoms with E-state index in [0.717, 1.165) is 30.9 Å². The van der Waals surface area contributed by atoms with Gasteiger partial charge in [0.1, 0.15) is 0 Å². The largest absolute Gasteiger partial charge is 0.354 e. The van der Waals surface area contributed by atoms with Crippen molar-refractivity contribution in [1.29, 1.82) is 0 Å². The second kappa shape index (κ2) is 10.4. The van der Waals surface area contributed by atoms with Gasteiger partial charge in [-0.2, -0.15) is 5.10 Å². The van der Waals surface area contributed by atoms with Crippen LogP contribution >= 0.6 is 12.4 Å². The Balaban J connectivity index is 0.00000261. The molecule has 1 aliphatic rings. The zero-order valence-corrected chi connectivity index (χ0v) is 16.6. The van der Waals surface area contributed by atoms with Gasteiger partial charge < -0.3 is 11.1 Å². The molecule has 27 heavy (non-hydrogen) atoms. The van der Waals surface area contributed by atoms with Crippen LogP contribution in [0.3, 0.4) is 0 Å². The number of rotatable bonds is 7. The van der Waals surface area contributed by atoms with Crippen molar-refractivity contribution < 1.29 is 4.79 Å². The Hall–Kier alpha value is -1.96. The van der Waals surface area contributed by atoms with Gasteiger partial charge in [-0.3, -0.25) is 14.7 Å². The van der Waals surface area contributed by atoms with Crippen LogP contribution in [-0.4, -0.2) is 51.2 Å². The Kier molecular flexibility index (Phi) is 8.22. The molecule has 7 nitrogen and oxygen atoms in total. The van der Waals surface area contributed by atoms with E-state index in [1.165, 1.54) is 18.4 Å². The number of pyridine rings is 1. The first-order valence-electron chi connectivity index (χ1n) is 9.33. The first-order chi connectivity index (χ1) is 12.7. The lowest BCUT2D eigenvalue weighted by atomic mass is 10.0. The molecule has 148 valence electrons. The highest BCUT2D eigenvalue weighted by atomic mass is 35.5. The fourth-order valence-electron chi connectivity index (χ4n) is 3.45. The predicted molar refractivity (Wildman–Crippen MR) is 108 cm³/mol. The highest BCUT2D eigenvalue weighted by Gasteiger charge is 2.24. The fourth-order valence-corrected chi connectivity index (χ4v) is 3.45. The molecular formula is C19H29ClN6O. The SMILES string of the molecule is Cc1nn(-c2ccncc2)cc1CN1CCCCC1CNC(=O)CCN.Cl. The quantitative estimate of drug-likeness (QED) is 0.750. The van der Waals surface area contributed by atoms with E-state index in [9.17, 15) is 4.79 Å². The van der Waals surface area contributed by atoms with Gasteiger partial charge in [0.15, 0.2) is 0 Å². The van der Waals surface area contributed by atoms with Gasteiger partial charge in [0.2, 0.25) is 5.91 Å². The van der Waals surface area contributed by atoms with E-state index < -0.39 is 0 Å². The van der Waals surface area contributed by atoms with Gasteiger partial charge in [-0.15, -0.1) is 12.4 Å². The lowest BCUT2D eigenvalue weighted by Gasteiger charge is -2.35. The molecule has 1 aliphatic heterocycles. The summed E-state index contributed by atoms with van der Waals surface area (Å²) in [5, 5.41) is 7.67. The summed E-state index contributed by atoms with van der Waals surface area (Å²) in [5.41, 5.74) is 8.73. The summed E-state index contributed by atoms with van der Waals surface area (Å²) in [7, 11) is 0. The fraction of sp³-hybridized carbons (Fsp3) is 0.526. The van der Waals surface area contributed by atoms with Crippen LogP contribution in [0.25, 0.3) is 5.69 Å². The minimum absolute atomic E-state index is 0. The summed E-state index contributed by atoms with van der Waals surface area (Å²) in [4.78, 5) is 18.3. The standard InChI is InChI=1S/C19H28N6O.ClH/c1-15-16(14-25(23-15)17-6-9-21-10-7-17)13-24-11-3-2-4-18(24)12-22-19(26)5-8-20;/h6-7,9-10,14,18H,2-5,8,11-13,20H2,1H3,(H,22,26);1H. The summed E-state index contributed by atoms with van der Waals surface area (Å²) >= 11 is 0. The Morgan fingerprint density at radius 3 is 2.85 bits per heavy atom. The molecule has 0 aliphatic carbocycles. The van der Waals surface area contributed by atoms with E-state index in [1.54, 1.807) is 12.4 Å². The summed E-state index contributed by atoms with van der Waals surface area (Å²) in [5.74, 6) is 0.0414. The summed E-state index contributed by atoms with van der Waals surface area (Å²) in [6, 6.07) is 4.27. The van der Waals surface area contributed by atoms with Crippen molar-refractivity contribution in [2.75, 3.05) is 19.6 Å². The number of aromatic nitrogens is 3. The van der Waals surface area contributed by atoms with Gasteiger partial charge in [0.05, 0.1) is 11.4 Å². The van der Waals surface area contributed by atoms with Crippen LogP contribution in [0.4, 0.5) is 0 Å². The van der Waals surface area contributed by atoms with Gasteiger partial charge in [-0.25, -0.2) is 4.68 Å². The van der Waals surface area contributed by atoms with Crippen LogP contribution in [0, 0.1) is 6.92 Å². The summed E-state index contributed by atoms with van der Waals surface area (Å²) < 4.78 is 1.91. The first kappa shape index (κ1) is 21.3. The van der Waals surface area contributed by atoms with Crippen molar-refractivity contribution in [3.8, 4) is 5.69 Å². The van der Waals surface area contributed by atoms with E-state index in [-0.39, 0.29) is 18.3 Å². The third-order valence-corrected chi connectivity index (χ3v) is 4.96. The zero-order valence-electron chi connectivity index (χ0n) is 15.8. The van der Waals surface area contributed by atoms with Gasteiger partial charge >= 0.3 is 0 Å². The Morgan fingerprint density at radius 2 is 2.11 bits per heavy atom. The summed E-state index contributed by atoms with van der Waals surface area (Å²) in [6.07, 6.45) is 9.57. The molecule has 1 amide bonds. The third-order valence-electron chi connectivity index (χ3n) is 4.96. The molecule has 8 heteroatoms. The third kappa shape index (κ3) is 5.76. The van der Waals surface area contributed by atoms with Crippen LogP contribution in [0.15, 0.2) is 30.7 Å². The lowest BCUT2D eigenvalue weighted by Crippen LogP contribution is -2.46. The molecule has 1 saturated heterocycles. The Labute approximate surface area is 166 Å². The van der Waals surface area contributed by atoms with Crippen molar-refractivity contribution >= 4 is 18.3 Å². The van der Waals surface area contributed by atoms with E-state index in [4.69, 9.17) is 5.73 Å². The van der Waals surface area contributed by atoms with Crippen LogP contribution in [0.2, 0.25) is 0 Å². The van der Waals surface area contributed by atoms with Gasteiger partial charge in [-0.1, -0.05) is 6.42 Å². The van der Waals surface area contributed by atoms with Gasteiger partial charge in [0.25, 0.3) is 0 Å². The zero-order chi connectivity index (χ0) is 18.4. The maximum atomic E-state index is 11.7. The minimum Gasteiger partial charge on any atom is -0.354 e. The molecule has 0 saturated carbocycles. The first-order valence-corrected chi connectivity index (χ1v) is 9.33. The molecule has 1 atom stereocenters. The molecule has 3 rings (SSSR count).